The number of nitrogens with zero attached hydrogens (tertiary/aromatic N) is 1. The Balaban J connectivity index is 3.82. The molecular formula is C12H27N3O. The minimum Gasteiger partial charge on any atom is -0.355 e. The van der Waals surface area contributed by atoms with E-state index < -0.39 is 0 Å². The summed E-state index contributed by atoms with van der Waals surface area (Å²) in [6.45, 7) is 11.1. The fraction of sp³-hybridized carbons (Fsp3) is 0.917. The molecule has 0 saturated heterocycles. The second-order valence-electron chi connectivity index (χ2n) is 4.89. The number of rotatable bonds is 8. The average Bonchev–Trinajstić information content (AvgIpc) is 2.16. The summed E-state index contributed by atoms with van der Waals surface area (Å²) in [7, 11) is 0. The molecule has 0 radical (unpaired) electrons. The first kappa shape index (κ1) is 15.4. The van der Waals surface area contributed by atoms with Crippen LogP contribution in [-0.2, 0) is 4.79 Å². The molecule has 0 spiro atoms. The monoisotopic (exact) mass is 229 g/mol. The Morgan fingerprint density at radius 1 is 1.31 bits per heavy atom. The van der Waals surface area contributed by atoms with Crippen LogP contribution in [0.25, 0.3) is 0 Å². The van der Waals surface area contributed by atoms with Crippen molar-refractivity contribution in [3.05, 3.63) is 0 Å². The van der Waals surface area contributed by atoms with Crippen LogP contribution < -0.4 is 11.1 Å². The van der Waals surface area contributed by atoms with Gasteiger partial charge >= 0.3 is 0 Å². The normalized spacial score (nSPS) is 11.5. The standard InChI is InChI=1S/C12H27N3O/c1-10(2)5-7-14-12(16)9-15(8-6-13)11(3)4/h10-11H,5-9,13H2,1-4H3,(H,14,16). The first-order valence-corrected chi connectivity index (χ1v) is 6.18. The van der Waals surface area contributed by atoms with Gasteiger partial charge in [0, 0.05) is 25.7 Å². The molecule has 4 heteroatoms. The number of nitrogens with two attached hydrogens (primary N) is 1. The predicted octanol–water partition coefficient (Wildman–Crippen LogP) is 0.818. The van der Waals surface area contributed by atoms with Crippen LogP contribution in [0.2, 0.25) is 0 Å². The van der Waals surface area contributed by atoms with Crippen molar-refractivity contribution < 1.29 is 4.79 Å². The van der Waals surface area contributed by atoms with E-state index >= 15 is 0 Å². The van der Waals surface area contributed by atoms with Gasteiger partial charge in [0.2, 0.25) is 5.91 Å². The first-order valence-electron chi connectivity index (χ1n) is 6.18. The number of carbonyl (C=O) groups excluding carboxylic acids is 1. The Hall–Kier alpha value is -0.610. The lowest BCUT2D eigenvalue weighted by Crippen LogP contribution is -2.43. The van der Waals surface area contributed by atoms with Gasteiger partial charge in [-0.05, 0) is 26.2 Å². The maximum atomic E-state index is 11.6. The molecule has 0 aliphatic carbocycles. The summed E-state index contributed by atoms with van der Waals surface area (Å²) in [5, 5.41) is 2.94. The van der Waals surface area contributed by atoms with Crippen molar-refractivity contribution in [2.75, 3.05) is 26.2 Å². The molecule has 0 bridgehead atoms. The van der Waals surface area contributed by atoms with E-state index in [2.05, 4.69) is 37.9 Å². The van der Waals surface area contributed by atoms with Crippen LogP contribution >= 0.6 is 0 Å². The van der Waals surface area contributed by atoms with Gasteiger partial charge in [-0.25, -0.2) is 0 Å². The van der Waals surface area contributed by atoms with Gasteiger partial charge in [-0.15, -0.1) is 0 Å². The van der Waals surface area contributed by atoms with Crippen LogP contribution in [0.5, 0.6) is 0 Å². The molecule has 0 fully saturated rings. The third kappa shape index (κ3) is 7.65. The third-order valence-corrected chi connectivity index (χ3v) is 2.54. The van der Waals surface area contributed by atoms with E-state index in [0.29, 0.717) is 25.0 Å². The second kappa shape index (κ2) is 8.53. The van der Waals surface area contributed by atoms with Crippen LogP contribution in [-0.4, -0.2) is 43.0 Å². The zero-order valence-electron chi connectivity index (χ0n) is 11.1. The molecule has 4 nitrogen and oxygen atoms in total. The molecule has 0 aromatic rings. The van der Waals surface area contributed by atoms with Gasteiger partial charge in [0.15, 0.2) is 0 Å². The van der Waals surface area contributed by atoms with E-state index in [1.165, 1.54) is 0 Å². The molecule has 16 heavy (non-hydrogen) atoms. The summed E-state index contributed by atoms with van der Waals surface area (Å²) in [5.41, 5.74) is 5.51. The van der Waals surface area contributed by atoms with E-state index in [9.17, 15) is 4.79 Å². The molecule has 0 unspecified atom stereocenters. The Morgan fingerprint density at radius 3 is 2.38 bits per heavy atom. The molecule has 96 valence electrons. The van der Waals surface area contributed by atoms with Crippen molar-refractivity contribution in [1.29, 1.82) is 0 Å². The Morgan fingerprint density at radius 2 is 1.94 bits per heavy atom. The Labute approximate surface area is 99.6 Å². The third-order valence-electron chi connectivity index (χ3n) is 2.54. The van der Waals surface area contributed by atoms with Crippen molar-refractivity contribution in [3.8, 4) is 0 Å². The zero-order valence-corrected chi connectivity index (χ0v) is 11.1. The van der Waals surface area contributed by atoms with Gasteiger partial charge in [-0.3, -0.25) is 9.69 Å². The molecule has 3 N–H and O–H groups in total. The lowest BCUT2D eigenvalue weighted by Gasteiger charge is -2.25. The Bertz CT molecular complexity index is 193. The highest BCUT2D eigenvalue weighted by Crippen LogP contribution is 1.98. The molecule has 0 aromatic carbocycles. The van der Waals surface area contributed by atoms with Gasteiger partial charge < -0.3 is 11.1 Å². The quantitative estimate of drug-likeness (QED) is 0.648. The highest BCUT2D eigenvalue weighted by Gasteiger charge is 2.12. The lowest BCUT2D eigenvalue weighted by atomic mass is 10.1. The van der Waals surface area contributed by atoms with Gasteiger partial charge in [-0.1, -0.05) is 13.8 Å². The zero-order chi connectivity index (χ0) is 12.6. The molecule has 0 aromatic heterocycles. The number of carbonyl (C=O) groups is 1. The van der Waals surface area contributed by atoms with Crippen LogP contribution in [0, 0.1) is 5.92 Å². The molecule has 1 amide bonds. The number of nitrogens with one attached hydrogen (secondary N) is 1. The maximum absolute atomic E-state index is 11.6. The summed E-state index contributed by atoms with van der Waals surface area (Å²) in [6.07, 6.45) is 1.03. The van der Waals surface area contributed by atoms with Crippen molar-refractivity contribution in [1.82, 2.24) is 10.2 Å². The largest absolute Gasteiger partial charge is 0.355 e. The van der Waals surface area contributed by atoms with Crippen molar-refractivity contribution in [2.24, 2.45) is 11.7 Å². The predicted molar refractivity (Wildman–Crippen MR) is 68.2 cm³/mol. The smallest absolute Gasteiger partial charge is 0.234 e. The Kier molecular flexibility index (Phi) is 8.21. The van der Waals surface area contributed by atoms with Crippen LogP contribution in [0.1, 0.15) is 34.1 Å². The van der Waals surface area contributed by atoms with E-state index in [0.717, 1.165) is 19.5 Å². The summed E-state index contributed by atoms with van der Waals surface area (Å²) in [5.74, 6) is 0.730. The first-order chi connectivity index (χ1) is 7.47. The van der Waals surface area contributed by atoms with E-state index in [1.807, 2.05) is 0 Å². The molecule has 0 heterocycles. The molecule has 0 aliphatic rings. The SMILES string of the molecule is CC(C)CCNC(=O)CN(CCN)C(C)C. The van der Waals surface area contributed by atoms with E-state index in [-0.39, 0.29) is 5.91 Å². The van der Waals surface area contributed by atoms with Crippen molar-refractivity contribution in [3.63, 3.8) is 0 Å². The van der Waals surface area contributed by atoms with Gasteiger partial charge in [-0.2, -0.15) is 0 Å². The van der Waals surface area contributed by atoms with Gasteiger partial charge in [0.25, 0.3) is 0 Å². The van der Waals surface area contributed by atoms with E-state index in [1.54, 1.807) is 0 Å². The number of amides is 1. The summed E-state index contributed by atoms with van der Waals surface area (Å²) < 4.78 is 0. The van der Waals surface area contributed by atoms with Gasteiger partial charge in [0.1, 0.15) is 0 Å². The second-order valence-corrected chi connectivity index (χ2v) is 4.89. The van der Waals surface area contributed by atoms with Crippen LogP contribution in [0.15, 0.2) is 0 Å². The molecule has 0 aliphatic heterocycles. The van der Waals surface area contributed by atoms with Crippen LogP contribution in [0.3, 0.4) is 0 Å². The van der Waals surface area contributed by atoms with Crippen LogP contribution in [0.4, 0.5) is 0 Å². The number of hydrogen-bond acceptors (Lipinski definition) is 3. The average molecular weight is 229 g/mol. The molecule has 0 saturated carbocycles. The van der Waals surface area contributed by atoms with E-state index in [4.69, 9.17) is 5.73 Å². The molecule has 0 rings (SSSR count). The number of hydrogen-bond donors (Lipinski definition) is 2. The fourth-order valence-corrected chi connectivity index (χ4v) is 1.43. The van der Waals surface area contributed by atoms with Gasteiger partial charge in [0.05, 0.1) is 6.54 Å². The summed E-state index contributed by atoms with van der Waals surface area (Å²) in [4.78, 5) is 13.7. The minimum atomic E-state index is 0.0998. The highest BCUT2D eigenvalue weighted by molar-refractivity contribution is 5.78. The minimum absolute atomic E-state index is 0.0998. The highest BCUT2D eigenvalue weighted by atomic mass is 16.2. The summed E-state index contributed by atoms with van der Waals surface area (Å²) in [6, 6.07) is 0.361. The fourth-order valence-electron chi connectivity index (χ4n) is 1.43. The van der Waals surface area contributed by atoms with Crippen molar-refractivity contribution in [2.45, 2.75) is 40.2 Å². The summed E-state index contributed by atoms with van der Waals surface area (Å²) >= 11 is 0. The molecular weight excluding hydrogens is 202 g/mol. The molecule has 0 atom stereocenters. The topological polar surface area (TPSA) is 58.4 Å². The maximum Gasteiger partial charge on any atom is 0.234 e. The van der Waals surface area contributed by atoms with Crippen molar-refractivity contribution >= 4 is 5.91 Å². The lowest BCUT2D eigenvalue weighted by molar-refractivity contribution is -0.122.